The van der Waals surface area contributed by atoms with Crippen molar-refractivity contribution in [3.05, 3.63) is 29.8 Å². The molecule has 0 fully saturated rings. The van der Waals surface area contributed by atoms with Gasteiger partial charge in [0, 0.05) is 6.54 Å². The normalized spacial score (nSPS) is 11.9. The van der Waals surface area contributed by atoms with Crippen molar-refractivity contribution in [1.29, 1.82) is 0 Å². The predicted octanol–water partition coefficient (Wildman–Crippen LogP) is 1.14. The molecule has 1 rings (SSSR count). The van der Waals surface area contributed by atoms with Crippen molar-refractivity contribution in [1.82, 2.24) is 5.32 Å². The summed E-state index contributed by atoms with van der Waals surface area (Å²) in [5.74, 6) is 0.421. The number of aryl methyl sites for hydroxylation is 1. The summed E-state index contributed by atoms with van der Waals surface area (Å²) in [6.45, 7) is 4.75. The molecule has 0 saturated heterocycles. The van der Waals surface area contributed by atoms with E-state index in [-0.39, 0.29) is 25.7 Å². The van der Waals surface area contributed by atoms with E-state index < -0.39 is 6.10 Å². The number of nitrogens with one attached hydrogen (secondary N) is 1. The highest BCUT2D eigenvalue weighted by Gasteiger charge is 2.07. The van der Waals surface area contributed by atoms with Gasteiger partial charge in [-0.25, -0.2) is 0 Å². The summed E-state index contributed by atoms with van der Waals surface area (Å²) in [6.07, 6.45) is 0.274. The quantitative estimate of drug-likeness (QED) is 0.664. The molecule has 0 spiro atoms. The second-order valence-electron chi connectivity index (χ2n) is 4.40. The Morgan fingerprint density at radius 1 is 1.40 bits per heavy atom. The molecule has 1 atom stereocenters. The molecule has 1 unspecified atom stereocenters. The van der Waals surface area contributed by atoms with Crippen LogP contribution in [0.1, 0.15) is 19.4 Å². The summed E-state index contributed by atoms with van der Waals surface area (Å²) in [5.41, 5.74) is 1.19. The van der Waals surface area contributed by atoms with Crippen LogP contribution in [-0.2, 0) is 16.0 Å². The summed E-state index contributed by atoms with van der Waals surface area (Å²) < 4.78 is 10.3. The third-order valence-corrected chi connectivity index (χ3v) is 2.70. The first-order valence-electron chi connectivity index (χ1n) is 6.91. The molecule has 20 heavy (non-hydrogen) atoms. The molecule has 0 aromatic heterocycles. The average molecular weight is 281 g/mol. The number of hydrogen-bond donors (Lipinski definition) is 2. The van der Waals surface area contributed by atoms with Crippen molar-refractivity contribution in [2.24, 2.45) is 0 Å². The fourth-order valence-electron chi connectivity index (χ4n) is 1.66. The summed E-state index contributed by atoms with van der Waals surface area (Å²) in [4.78, 5) is 11.1. The fourth-order valence-corrected chi connectivity index (χ4v) is 1.66. The minimum atomic E-state index is -0.672. The molecule has 0 aliphatic rings. The molecule has 2 N–H and O–H groups in total. The maximum atomic E-state index is 11.1. The molecular weight excluding hydrogens is 258 g/mol. The van der Waals surface area contributed by atoms with Gasteiger partial charge in [-0.3, -0.25) is 4.79 Å². The molecule has 0 bridgehead atoms. The van der Waals surface area contributed by atoms with Crippen LogP contribution < -0.4 is 10.1 Å². The lowest BCUT2D eigenvalue weighted by Crippen LogP contribution is -2.35. The Labute approximate surface area is 119 Å². The van der Waals surface area contributed by atoms with E-state index in [2.05, 4.69) is 12.2 Å². The largest absolute Gasteiger partial charge is 0.491 e. The van der Waals surface area contributed by atoms with E-state index in [4.69, 9.17) is 9.47 Å². The molecule has 1 aromatic carbocycles. The van der Waals surface area contributed by atoms with Gasteiger partial charge in [0.25, 0.3) is 0 Å². The minimum Gasteiger partial charge on any atom is -0.491 e. The van der Waals surface area contributed by atoms with Gasteiger partial charge in [-0.15, -0.1) is 0 Å². The third kappa shape index (κ3) is 6.54. The molecule has 5 nitrogen and oxygen atoms in total. The SMILES string of the molecule is CCOC(=O)CNCC(O)COc1cccc(CC)c1. The van der Waals surface area contributed by atoms with Crippen LogP contribution in [0.25, 0.3) is 0 Å². The minimum absolute atomic E-state index is 0.0935. The number of carbonyl (C=O) groups excluding carboxylic acids is 1. The highest BCUT2D eigenvalue weighted by atomic mass is 16.5. The Kier molecular flexibility index (Phi) is 7.69. The molecule has 0 radical (unpaired) electrons. The van der Waals surface area contributed by atoms with Crippen molar-refractivity contribution in [3.63, 3.8) is 0 Å². The second kappa shape index (κ2) is 9.34. The van der Waals surface area contributed by atoms with Crippen LogP contribution in [0, 0.1) is 0 Å². The Hall–Kier alpha value is -1.59. The smallest absolute Gasteiger partial charge is 0.319 e. The predicted molar refractivity (Wildman–Crippen MR) is 76.8 cm³/mol. The Morgan fingerprint density at radius 3 is 2.90 bits per heavy atom. The average Bonchev–Trinajstić information content (AvgIpc) is 2.45. The Balaban J connectivity index is 2.22. The Bertz CT molecular complexity index is 409. The molecule has 0 heterocycles. The van der Waals surface area contributed by atoms with E-state index in [0.29, 0.717) is 6.61 Å². The highest BCUT2D eigenvalue weighted by molar-refractivity contribution is 5.71. The van der Waals surface area contributed by atoms with E-state index >= 15 is 0 Å². The van der Waals surface area contributed by atoms with Gasteiger partial charge in [0.1, 0.15) is 18.5 Å². The van der Waals surface area contributed by atoms with Crippen molar-refractivity contribution in [2.45, 2.75) is 26.4 Å². The Morgan fingerprint density at radius 2 is 2.20 bits per heavy atom. The zero-order chi connectivity index (χ0) is 14.8. The number of esters is 1. The van der Waals surface area contributed by atoms with Gasteiger partial charge in [-0.2, -0.15) is 0 Å². The van der Waals surface area contributed by atoms with Crippen molar-refractivity contribution in [2.75, 3.05) is 26.3 Å². The second-order valence-corrected chi connectivity index (χ2v) is 4.40. The molecule has 112 valence electrons. The van der Waals surface area contributed by atoms with Crippen molar-refractivity contribution in [3.8, 4) is 5.75 Å². The first-order chi connectivity index (χ1) is 9.65. The zero-order valence-electron chi connectivity index (χ0n) is 12.1. The first kappa shape index (κ1) is 16.5. The summed E-state index contributed by atoms with van der Waals surface area (Å²) in [7, 11) is 0. The van der Waals surface area contributed by atoms with E-state index in [1.165, 1.54) is 5.56 Å². The molecule has 5 heteroatoms. The first-order valence-corrected chi connectivity index (χ1v) is 6.91. The maximum absolute atomic E-state index is 11.1. The fraction of sp³-hybridized carbons (Fsp3) is 0.533. The number of aliphatic hydroxyl groups excluding tert-OH is 1. The van der Waals surface area contributed by atoms with E-state index in [1.54, 1.807) is 6.92 Å². The lowest BCUT2D eigenvalue weighted by atomic mass is 10.2. The summed E-state index contributed by atoms with van der Waals surface area (Å²) >= 11 is 0. The summed E-state index contributed by atoms with van der Waals surface area (Å²) in [6, 6.07) is 7.78. The number of carbonyl (C=O) groups is 1. The number of rotatable bonds is 9. The topological polar surface area (TPSA) is 67.8 Å². The van der Waals surface area contributed by atoms with Gasteiger partial charge in [0.2, 0.25) is 0 Å². The lowest BCUT2D eigenvalue weighted by molar-refractivity contribution is -0.142. The van der Waals surface area contributed by atoms with E-state index in [1.807, 2.05) is 24.3 Å². The lowest BCUT2D eigenvalue weighted by Gasteiger charge is -2.13. The van der Waals surface area contributed by atoms with E-state index in [9.17, 15) is 9.90 Å². The van der Waals surface area contributed by atoms with Crippen LogP contribution >= 0.6 is 0 Å². The van der Waals surface area contributed by atoms with Gasteiger partial charge >= 0.3 is 5.97 Å². The van der Waals surface area contributed by atoms with Gasteiger partial charge in [0.15, 0.2) is 0 Å². The number of aliphatic hydroxyl groups is 1. The van der Waals surface area contributed by atoms with Gasteiger partial charge in [-0.05, 0) is 31.0 Å². The molecule has 0 amide bonds. The van der Waals surface area contributed by atoms with Gasteiger partial charge < -0.3 is 19.9 Å². The van der Waals surface area contributed by atoms with Crippen LogP contribution in [-0.4, -0.2) is 43.5 Å². The van der Waals surface area contributed by atoms with Crippen LogP contribution in [0.2, 0.25) is 0 Å². The van der Waals surface area contributed by atoms with Crippen LogP contribution in [0.5, 0.6) is 5.75 Å². The summed E-state index contributed by atoms with van der Waals surface area (Å²) in [5, 5.41) is 12.6. The van der Waals surface area contributed by atoms with Gasteiger partial charge in [-0.1, -0.05) is 19.1 Å². The molecular formula is C15H23NO4. The van der Waals surface area contributed by atoms with Crippen LogP contribution in [0.4, 0.5) is 0 Å². The number of ether oxygens (including phenoxy) is 2. The monoisotopic (exact) mass is 281 g/mol. The highest BCUT2D eigenvalue weighted by Crippen LogP contribution is 2.13. The van der Waals surface area contributed by atoms with Crippen molar-refractivity contribution < 1.29 is 19.4 Å². The molecule has 0 saturated carbocycles. The zero-order valence-corrected chi connectivity index (χ0v) is 12.1. The van der Waals surface area contributed by atoms with Crippen LogP contribution in [0.3, 0.4) is 0 Å². The van der Waals surface area contributed by atoms with E-state index in [0.717, 1.165) is 12.2 Å². The van der Waals surface area contributed by atoms with Gasteiger partial charge in [0.05, 0.1) is 13.2 Å². The molecule has 0 aliphatic heterocycles. The molecule has 0 aliphatic carbocycles. The number of benzene rings is 1. The third-order valence-electron chi connectivity index (χ3n) is 2.70. The maximum Gasteiger partial charge on any atom is 0.319 e. The van der Waals surface area contributed by atoms with Crippen LogP contribution in [0.15, 0.2) is 24.3 Å². The number of hydrogen-bond acceptors (Lipinski definition) is 5. The standard InChI is InChI=1S/C15H23NO4/c1-3-12-6-5-7-14(8-12)20-11-13(17)9-16-10-15(18)19-4-2/h5-8,13,16-17H,3-4,9-11H2,1-2H3. The molecule has 1 aromatic rings. The van der Waals surface area contributed by atoms with Crippen molar-refractivity contribution >= 4 is 5.97 Å².